The lowest BCUT2D eigenvalue weighted by molar-refractivity contribution is -0.140. The maximum atomic E-state index is 12.8. The van der Waals surface area contributed by atoms with Crippen molar-refractivity contribution < 1.29 is 23.8 Å². The van der Waals surface area contributed by atoms with E-state index in [1.165, 1.54) is 32.3 Å². The van der Waals surface area contributed by atoms with Crippen LogP contribution in [0.2, 0.25) is 0 Å². The van der Waals surface area contributed by atoms with Crippen LogP contribution < -0.4 is 14.2 Å². The highest BCUT2D eigenvalue weighted by atomic mass is 16.5. The van der Waals surface area contributed by atoms with Gasteiger partial charge in [-0.05, 0) is 54.8 Å². The maximum Gasteiger partial charge on any atom is 0.256 e. The zero-order chi connectivity index (χ0) is 21.5. The lowest BCUT2D eigenvalue weighted by atomic mass is 10.0. The van der Waals surface area contributed by atoms with Crippen LogP contribution in [0.5, 0.6) is 17.2 Å². The van der Waals surface area contributed by atoms with Gasteiger partial charge >= 0.3 is 0 Å². The van der Waals surface area contributed by atoms with Crippen molar-refractivity contribution in [2.75, 3.05) is 27.9 Å². The molecule has 1 aromatic carbocycles. The van der Waals surface area contributed by atoms with Crippen LogP contribution >= 0.6 is 0 Å². The van der Waals surface area contributed by atoms with E-state index in [-0.39, 0.29) is 11.8 Å². The van der Waals surface area contributed by atoms with Crippen molar-refractivity contribution in [3.05, 3.63) is 59.4 Å². The summed E-state index contributed by atoms with van der Waals surface area (Å²) in [5.41, 5.74) is 1.96. The Labute approximate surface area is 175 Å². The van der Waals surface area contributed by atoms with Gasteiger partial charge in [-0.25, -0.2) is 0 Å². The van der Waals surface area contributed by atoms with Gasteiger partial charge in [-0.3, -0.25) is 19.5 Å². The smallest absolute Gasteiger partial charge is 0.256 e. The third-order valence-corrected chi connectivity index (χ3v) is 4.73. The topological polar surface area (TPSA) is 78.0 Å². The molecule has 7 heteroatoms. The van der Waals surface area contributed by atoms with Gasteiger partial charge in [0.1, 0.15) is 0 Å². The number of ether oxygens (including phenoxy) is 3. The minimum Gasteiger partial charge on any atom is -0.493 e. The molecule has 1 fully saturated rings. The molecular formula is C23H24N2O5. The van der Waals surface area contributed by atoms with Crippen LogP contribution in [0.25, 0.3) is 12.2 Å². The van der Waals surface area contributed by atoms with Gasteiger partial charge in [0.2, 0.25) is 5.75 Å². The number of rotatable bonds is 6. The van der Waals surface area contributed by atoms with Crippen molar-refractivity contribution in [2.45, 2.75) is 12.8 Å². The Morgan fingerprint density at radius 3 is 2.43 bits per heavy atom. The van der Waals surface area contributed by atoms with E-state index in [4.69, 9.17) is 14.2 Å². The Balaban J connectivity index is 1.79. The second-order valence-electron chi connectivity index (χ2n) is 6.61. The van der Waals surface area contributed by atoms with Crippen LogP contribution in [0.15, 0.2) is 48.2 Å². The van der Waals surface area contributed by atoms with E-state index in [1.807, 2.05) is 18.2 Å². The SMILES string of the molecule is COc1cc(/C=C/C(=O)N2CCC/C(=C\c3ccccn3)C2=O)cc(OC)c1OC. The molecule has 0 radical (unpaired) electrons. The molecule has 1 aliphatic heterocycles. The summed E-state index contributed by atoms with van der Waals surface area (Å²) in [4.78, 5) is 31.0. The molecule has 1 saturated heterocycles. The second-order valence-corrected chi connectivity index (χ2v) is 6.61. The number of imide groups is 1. The van der Waals surface area contributed by atoms with Crippen LogP contribution in [0.3, 0.4) is 0 Å². The Morgan fingerprint density at radius 2 is 1.83 bits per heavy atom. The van der Waals surface area contributed by atoms with Crippen LogP contribution in [0, 0.1) is 0 Å². The summed E-state index contributed by atoms with van der Waals surface area (Å²) < 4.78 is 16.0. The van der Waals surface area contributed by atoms with Gasteiger partial charge in [0.25, 0.3) is 11.8 Å². The number of piperidine rings is 1. The zero-order valence-electron chi connectivity index (χ0n) is 17.3. The number of likely N-dealkylation sites (tertiary alicyclic amines) is 1. The molecule has 0 aliphatic carbocycles. The number of pyridine rings is 1. The Kier molecular flexibility index (Phi) is 6.85. The van der Waals surface area contributed by atoms with E-state index < -0.39 is 0 Å². The highest BCUT2D eigenvalue weighted by Crippen LogP contribution is 2.38. The van der Waals surface area contributed by atoms with Gasteiger partial charge < -0.3 is 14.2 Å². The first-order valence-corrected chi connectivity index (χ1v) is 9.53. The maximum absolute atomic E-state index is 12.8. The second kappa shape index (κ2) is 9.73. The summed E-state index contributed by atoms with van der Waals surface area (Å²) >= 11 is 0. The highest BCUT2D eigenvalue weighted by Gasteiger charge is 2.27. The Morgan fingerprint density at radius 1 is 1.10 bits per heavy atom. The minimum absolute atomic E-state index is 0.286. The standard InChI is InChI=1S/C23H24N2O5/c1-28-19-13-16(14-20(29-2)22(19)30-3)9-10-21(26)25-12-6-7-17(23(25)27)15-18-8-4-5-11-24-18/h4-5,8-11,13-15H,6-7,12H2,1-3H3/b10-9+,17-15+. The van der Waals surface area contributed by atoms with Crippen molar-refractivity contribution in [1.29, 1.82) is 0 Å². The largest absolute Gasteiger partial charge is 0.493 e. The van der Waals surface area contributed by atoms with Crippen LogP contribution in [-0.4, -0.2) is 49.6 Å². The average molecular weight is 408 g/mol. The van der Waals surface area contributed by atoms with Crippen molar-refractivity contribution in [3.63, 3.8) is 0 Å². The lowest BCUT2D eigenvalue weighted by Gasteiger charge is -2.25. The zero-order valence-corrected chi connectivity index (χ0v) is 17.3. The molecule has 1 aromatic heterocycles. The van der Waals surface area contributed by atoms with Gasteiger partial charge in [0.15, 0.2) is 11.5 Å². The summed E-state index contributed by atoms with van der Waals surface area (Å²) in [5, 5.41) is 0. The molecule has 2 amide bonds. The van der Waals surface area contributed by atoms with Crippen molar-refractivity contribution in [2.24, 2.45) is 0 Å². The minimum atomic E-state index is -0.375. The molecule has 0 saturated carbocycles. The summed E-state index contributed by atoms with van der Waals surface area (Å²) in [6.45, 7) is 0.386. The van der Waals surface area contributed by atoms with Crippen molar-refractivity contribution in [1.82, 2.24) is 9.88 Å². The number of hydrogen-bond acceptors (Lipinski definition) is 6. The third-order valence-electron chi connectivity index (χ3n) is 4.73. The van der Waals surface area contributed by atoms with E-state index >= 15 is 0 Å². The van der Waals surface area contributed by atoms with Gasteiger partial charge in [0.05, 0.1) is 27.0 Å². The first-order chi connectivity index (χ1) is 14.6. The molecule has 0 unspecified atom stereocenters. The summed E-state index contributed by atoms with van der Waals surface area (Å²) in [7, 11) is 4.58. The van der Waals surface area contributed by atoms with Crippen molar-refractivity contribution in [3.8, 4) is 17.2 Å². The first-order valence-electron chi connectivity index (χ1n) is 9.53. The molecule has 0 spiro atoms. The van der Waals surface area contributed by atoms with Gasteiger partial charge in [-0.15, -0.1) is 0 Å². The van der Waals surface area contributed by atoms with Crippen LogP contribution in [0.1, 0.15) is 24.1 Å². The number of carbonyl (C=O) groups is 2. The molecule has 0 N–H and O–H groups in total. The number of nitrogens with zero attached hydrogens (tertiary/aromatic N) is 2. The fourth-order valence-electron chi connectivity index (χ4n) is 3.25. The van der Waals surface area contributed by atoms with E-state index in [9.17, 15) is 9.59 Å². The van der Waals surface area contributed by atoms with Crippen LogP contribution in [-0.2, 0) is 9.59 Å². The number of methoxy groups -OCH3 is 3. The average Bonchev–Trinajstić information content (AvgIpc) is 2.78. The van der Waals surface area contributed by atoms with Crippen LogP contribution in [0.4, 0.5) is 0 Å². The molecule has 1 aliphatic rings. The van der Waals surface area contributed by atoms with Gasteiger partial charge in [-0.2, -0.15) is 0 Å². The normalized spacial score (nSPS) is 15.5. The molecule has 7 nitrogen and oxygen atoms in total. The lowest BCUT2D eigenvalue weighted by Crippen LogP contribution is -2.40. The summed E-state index contributed by atoms with van der Waals surface area (Å²) in [5.74, 6) is 0.781. The monoisotopic (exact) mass is 408 g/mol. The number of hydrogen-bond donors (Lipinski definition) is 0. The summed E-state index contributed by atoms with van der Waals surface area (Å²) in [6, 6.07) is 8.96. The number of benzene rings is 1. The fourth-order valence-corrected chi connectivity index (χ4v) is 3.25. The number of aromatic nitrogens is 1. The predicted molar refractivity (Wildman–Crippen MR) is 113 cm³/mol. The number of amides is 2. The molecule has 156 valence electrons. The van der Waals surface area contributed by atoms with Gasteiger partial charge in [-0.1, -0.05) is 6.07 Å². The van der Waals surface area contributed by atoms with E-state index in [1.54, 1.807) is 30.5 Å². The van der Waals surface area contributed by atoms with E-state index in [0.29, 0.717) is 53.5 Å². The van der Waals surface area contributed by atoms with Crippen molar-refractivity contribution >= 4 is 24.0 Å². The Bertz CT molecular complexity index is 957. The quantitative estimate of drug-likeness (QED) is 0.682. The predicted octanol–water partition coefficient (Wildman–Crippen LogP) is 3.35. The molecule has 2 heterocycles. The molecule has 0 atom stereocenters. The first kappa shape index (κ1) is 21.1. The number of carbonyl (C=O) groups excluding carboxylic acids is 2. The Hall–Kier alpha value is -3.61. The van der Waals surface area contributed by atoms with E-state index in [0.717, 1.165) is 0 Å². The molecule has 3 rings (SSSR count). The molecule has 2 aromatic rings. The summed E-state index contributed by atoms with van der Waals surface area (Å²) in [6.07, 6.45) is 7.75. The molecule has 0 bridgehead atoms. The fraction of sp³-hybridized carbons (Fsp3) is 0.261. The molecule has 30 heavy (non-hydrogen) atoms. The highest BCUT2D eigenvalue weighted by molar-refractivity contribution is 6.10. The van der Waals surface area contributed by atoms with E-state index in [2.05, 4.69) is 4.98 Å². The molecular weight excluding hydrogens is 384 g/mol. The van der Waals surface area contributed by atoms with Gasteiger partial charge in [0, 0.05) is 24.4 Å². The third kappa shape index (κ3) is 4.68.